The second-order valence-corrected chi connectivity index (χ2v) is 6.25. The Morgan fingerprint density at radius 3 is 2.35 bits per heavy atom. The van der Waals surface area contributed by atoms with Gasteiger partial charge in [0.1, 0.15) is 0 Å². The van der Waals surface area contributed by atoms with E-state index >= 15 is 0 Å². The first kappa shape index (κ1) is 13.9. The first-order valence-corrected chi connectivity index (χ1v) is 7.88. The van der Waals surface area contributed by atoms with Crippen molar-refractivity contribution in [2.24, 2.45) is 0 Å². The van der Waals surface area contributed by atoms with Crippen LogP contribution < -0.4 is 4.90 Å². The van der Waals surface area contributed by atoms with Gasteiger partial charge in [0.2, 0.25) is 11.2 Å². The van der Waals surface area contributed by atoms with E-state index in [9.17, 15) is 0 Å². The zero-order valence-corrected chi connectivity index (χ0v) is 12.9. The lowest BCUT2D eigenvalue weighted by atomic mass is 10.4. The molecule has 1 saturated heterocycles. The van der Waals surface area contributed by atoms with Gasteiger partial charge in [0.25, 0.3) is 0 Å². The Balaban J connectivity index is 1.83. The van der Waals surface area contributed by atoms with Gasteiger partial charge in [-0.05, 0) is 60.5 Å². The highest BCUT2D eigenvalue weighted by Crippen LogP contribution is 2.28. The first-order valence-electron chi connectivity index (χ1n) is 6.31. The van der Waals surface area contributed by atoms with Crippen molar-refractivity contribution in [3.05, 3.63) is 34.6 Å². The Morgan fingerprint density at radius 2 is 1.65 bits per heavy atom. The van der Waals surface area contributed by atoms with Crippen molar-refractivity contribution in [2.75, 3.05) is 18.0 Å². The predicted octanol–water partition coefficient (Wildman–Crippen LogP) is 3.93. The molecule has 3 rings (SSSR count). The van der Waals surface area contributed by atoms with Crippen LogP contribution in [0.1, 0.15) is 12.8 Å². The summed E-state index contributed by atoms with van der Waals surface area (Å²) in [4.78, 5) is 16.0. The maximum Gasteiger partial charge on any atom is 0.230 e. The third-order valence-electron chi connectivity index (χ3n) is 2.99. The number of nitrogens with zero attached hydrogens (tertiary/aromatic N) is 4. The van der Waals surface area contributed by atoms with Gasteiger partial charge >= 0.3 is 0 Å². The summed E-state index contributed by atoms with van der Waals surface area (Å²) in [5.41, 5.74) is 0. The molecule has 104 valence electrons. The number of halogens is 2. The molecule has 0 N–H and O–H groups in total. The van der Waals surface area contributed by atoms with Gasteiger partial charge in [-0.15, -0.1) is 0 Å². The van der Waals surface area contributed by atoms with E-state index in [-0.39, 0.29) is 5.28 Å². The van der Waals surface area contributed by atoms with Crippen LogP contribution in [0.25, 0.3) is 0 Å². The van der Waals surface area contributed by atoms with Crippen molar-refractivity contribution in [2.45, 2.75) is 22.9 Å². The third kappa shape index (κ3) is 3.34. The quantitative estimate of drug-likeness (QED) is 0.854. The lowest BCUT2D eigenvalue weighted by molar-refractivity contribution is 0.826. The molecule has 1 aliphatic heterocycles. The lowest BCUT2D eigenvalue weighted by Crippen LogP contribution is -2.21. The molecular weight excluding hydrogens is 315 g/mol. The van der Waals surface area contributed by atoms with Gasteiger partial charge in [0.15, 0.2) is 5.16 Å². The second-order valence-electron chi connectivity index (χ2n) is 4.44. The largest absolute Gasteiger partial charge is 0.341 e. The summed E-state index contributed by atoms with van der Waals surface area (Å²) in [6.07, 6.45) is 2.34. The molecule has 0 unspecified atom stereocenters. The maximum absolute atomic E-state index is 6.00. The van der Waals surface area contributed by atoms with Crippen molar-refractivity contribution in [3.8, 4) is 0 Å². The fraction of sp³-hybridized carbons (Fsp3) is 0.308. The number of hydrogen-bond donors (Lipinski definition) is 0. The monoisotopic (exact) mass is 326 g/mol. The SMILES string of the molecule is Clc1ccc(Sc2nc(Cl)nc(N3CCCC3)n2)cc1. The minimum atomic E-state index is 0.235. The van der Waals surface area contributed by atoms with Gasteiger partial charge in [-0.1, -0.05) is 11.6 Å². The van der Waals surface area contributed by atoms with E-state index in [1.54, 1.807) is 0 Å². The van der Waals surface area contributed by atoms with Gasteiger partial charge in [-0.25, -0.2) is 0 Å². The molecule has 7 heteroatoms. The summed E-state index contributed by atoms with van der Waals surface area (Å²) in [5.74, 6) is 0.666. The predicted molar refractivity (Wildman–Crippen MR) is 81.9 cm³/mol. The molecule has 1 fully saturated rings. The third-order valence-corrected chi connectivity index (χ3v) is 4.28. The molecule has 0 spiro atoms. The van der Waals surface area contributed by atoms with Crippen molar-refractivity contribution in [3.63, 3.8) is 0 Å². The van der Waals surface area contributed by atoms with Gasteiger partial charge in [0, 0.05) is 23.0 Å². The first-order chi connectivity index (χ1) is 9.70. The molecule has 0 bridgehead atoms. The van der Waals surface area contributed by atoms with Crippen LogP contribution in [-0.4, -0.2) is 28.0 Å². The number of aromatic nitrogens is 3. The summed E-state index contributed by atoms with van der Waals surface area (Å²) < 4.78 is 0. The Kier molecular flexibility index (Phi) is 4.29. The van der Waals surface area contributed by atoms with Gasteiger partial charge in [-0.2, -0.15) is 15.0 Å². The van der Waals surface area contributed by atoms with Crippen molar-refractivity contribution in [1.29, 1.82) is 0 Å². The molecule has 4 nitrogen and oxygen atoms in total. The zero-order chi connectivity index (χ0) is 13.9. The molecule has 2 aromatic rings. The molecular formula is C13H12Cl2N4S. The molecule has 1 aromatic heterocycles. The van der Waals surface area contributed by atoms with Crippen LogP contribution in [-0.2, 0) is 0 Å². The Hall–Kier alpha value is -1.04. The molecule has 0 atom stereocenters. The van der Waals surface area contributed by atoms with Crippen molar-refractivity contribution in [1.82, 2.24) is 15.0 Å². The Labute approximate surface area is 131 Å². The molecule has 1 aliphatic rings. The fourth-order valence-corrected chi connectivity index (χ4v) is 3.11. The minimum Gasteiger partial charge on any atom is -0.341 e. The average Bonchev–Trinajstić information content (AvgIpc) is 2.95. The highest BCUT2D eigenvalue weighted by molar-refractivity contribution is 7.99. The molecule has 1 aromatic carbocycles. The number of anilines is 1. The van der Waals surface area contributed by atoms with E-state index in [1.165, 1.54) is 24.6 Å². The van der Waals surface area contributed by atoms with Gasteiger partial charge < -0.3 is 4.90 Å². The standard InChI is InChI=1S/C13H12Cl2N4S/c14-9-3-5-10(6-4-9)20-13-17-11(15)16-12(18-13)19-7-1-2-8-19/h3-6H,1-2,7-8H2. The molecule has 0 radical (unpaired) electrons. The topological polar surface area (TPSA) is 41.9 Å². The van der Waals surface area contributed by atoms with Crippen molar-refractivity contribution < 1.29 is 0 Å². The second kappa shape index (κ2) is 6.16. The van der Waals surface area contributed by atoms with Crippen LogP contribution in [0.2, 0.25) is 10.3 Å². The molecule has 0 aliphatic carbocycles. The normalized spacial score (nSPS) is 14.8. The Bertz CT molecular complexity index is 600. The number of rotatable bonds is 3. The van der Waals surface area contributed by atoms with Crippen LogP contribution in [0.3, 0.4) is 0 Å². The zero-order valence-electron chi connectivity index (χ0n) is 10.6. The van der Waals surface area contributed by atoms with E-state index in [2.05, 4.69) is 19.9 Å². The summed E-state index contributed by atoms with van der Waals surface area (Å²) in [6.45, 7) is 1.96. The highest BCUT2D eigenvalue weighted by Gasteiger charge is 2.17. The summed E-state index contributed by atoms with van der Waals surface area (Å²) >= 11 is 13.3. The molecule has 0 saturated carbocycles. The van der Waals surface area contributed by atoms with Crippen molar-refractivity contribution >= 4 is 40.9 Å². The molecule has 20 heavy (non-hydrogen) atoms. The highest BCUT2D eigenvalue weighted by atomic mass is 35.5. The lowest BCUT2D eigenvalue weighted by Gasteiger charge is -2.15. The van der Waals surface area contributed by atoms with Crippen LogP contribution in [0.15, 0.2) is 34.3 Å². The van der Waals surface area contributed by atoms with Crippen LogP contribution in [0, 0.1) is 0 Å². The van der Waals surface area contributed by atoms with E-state index in [4.69, 9.17) is 23.2 Å². The van der Waals surface area contributed by atoms with Gasteiger partial charge in [-0.3, -0.25) is 0 Å². The average molecular weight is 327 g/mol. The minimum absolute atomic E-state index is 0.235. The summed E-state index contributed by atoms with van der Waals surface area (Å²) in [7, 11) is 0. The van der Waals surface area contributed by atoms with E-state index < -0.39 is 0 Å². The van der Waals surface area contributed by atoms with Crippen LogP contribution in [0.5, 0.6) is 0 Å². The number of benzene rings is 1. The maximum atomic E-state index is 6.00. The van der Waals surface area contributed by atoms with Crippen LogP contribution >= 0.6 is 35.0 Å². The Morgan fingerprint density at radius 1 is 0.950 bits per heavy atom. The number of hydrogen-bond acceptors (Lipinski definition) is 5. The van der Waals surface area contributed by atoms with Crippen LogP contribution in [0.4, 0.5) is 5.95 Å². The van der Waals surface area contributed by atoms with E-state index in [0.29, 0.717) is 16.1 Å². The van der Waals surface area contributed by atoms with Gasteiger partial charge in [0.05, 0.1) is 0 Å². The summed E-state index contributed by atoms with van der Waals surface area (Å²) in [5, 5.41) is 1.55. The van der Waals surface area contributed by atoms with E-state index in [1.807, 2.05) is 24.3 Å². The molecule has 2 heterocycles. The summed E-state index contributed by atoms with van der Waals surface area (Å²) in [6, 6.07) is 7.54. The van der Waals surface area contributed by atoms with E-state index in [0.717, 1.165) is 18.0 Å². The molecule has 0 amide bonds. The smallest absolute Gasteiger partial charge is 0.230 e. The fourth-order valence-electron chi connectivity index (χ4n) is 2.03.